The Bertz CT molecular complexity index is 592. The molecule has 0 saturated heterocycles. The standard InChI is InChI=1S/C14H18N4O2/c1-10(2)11-4-3-5-12(8-11)15-6-7-18-9-13(14(19)20)16-17-18/h3-5,8-10,15H,6-7H2,1-2H3,(H,19,20). The number of hydrogen-bond donors (Lipinski definition) is 2. The van der Waals surface area contributed by atoms with Gasteiger partial charge in [0, 0.05) is 12.2 Å². The highest BCUT2D eigenvalue weighted by molar-refractivity contribution is 5.84. The minimum Gasteiger partial charge on any atom is -0.476 e. The van der Waals surface area contributed by atoms with Gasteiger partial charge in [-0.25, -0.2) is 9.48 Å². The van der Waals surface area contributed by atoms with Crippen LogP contribution in [0, 0.1) is 0 Å². The molecule has 2 rings (SSSR count). The third kappa shape index (κ3) is 3.57. The summed E-state index contributed by atoms with van der Waals surface area (Å²) in [6, 6.07) is 8.26. The number of aromatic nitrogens is 3. The molecule has 20 heavy (non-hydrogen) atoms. The SMILES string of the molecule is CC(C)c1cccc(NCCn2cc(C(=O)O)nn2)c1. The third-order valence-corrected chi connectivity index (χ3v) is 2.98. The predicted molar refractivity (Wildman–Crippen MR) is 76.0 cm³/mol. The molecule has 0 amide bonds. The van der Waals surface area contributed by atoms with Crippen molar-refractivity contribution in [1.82, 2.24) is 15.0 Å². The van der Waals surface area contributed by atoms with E-state index in [1.165, 1.54) is 16.4 Å². The molecule has 0 saturated carbocycles. The molecule has 1 aromatic heterocycles. The smallest absolute Gasteiger partial charge is 0.358 e. The van der Waals surface area contributed by atoms with Crippen molar-refractivity contribution >= 4 is 11.7 Å². The highest BCUT2D eigenvalue weighted by Gasteiger charge is 2.07. The van der Waals surface area contributed by atoms with Crippen molar-refractivity contribution in [1.29, 1.82) is 0 Å². The van der Waals surface area contributed by atoms with Gasteiger partial charge in [-0.3, -0.25) is 0 Å². The molecule has 0 spiro atoms. The van der Waals surface area contributed by atoms with Crippen LogP contribution in [0.1, 0.15) is 35.8 Å². The molecule has 0 unspecified atom stereocenters. The fourth-order valence-electron chi connectivity index (χ4n) is 1.83. The molecule has 1 heterocycles. The van der Waals surface area contributed by atoms with E-state index >= 15 is 0 Å². The van der Waals surface area contributed by atoms with Crippen molar-refractivity contribution in [2.75, 3.05) is 11.9 Å². The Kier molecular flexibility index (Phi) is 4.34. The first-order valence-corrected chi connectivity index (χ1v) is 6.53. The van der Waals surface area contributed by atoms with Crippen LogP contribution in [0.15, 0.2) is 30.5 Å². The molecular weight excluding hydrogens is 256 g/mol. The Morgan fingerprint density at radius 1 is 1.45 bits per heavy atom. The van der Waals surface area contributed by atoms with E-state index in [-0.39, 0.29) is 5.69 Å². The summed E-state index contributed by atoms with van der Waals surface area (Å²) in [5.41, 5.74) is 2.30. The molecule has 0 atom stereocenters. The van der Waals surface area contributed by atoms with Crippen LogP contribution in [-0.4, -0.2) is 32.6 Å². The molecule has 6 heteroatoms. The number of benzene rings is 1. The number of aromatic carboxylic acids is 1. The van der Waals surface area contributed by atoms with Crippen LogP contribution in [0.4, 0.5) is 5.69 Å². The van der Waals surface area contributed by atoms with E-state index in [2.05, 4.69) is 41.6 Å². The summed E-state index contributed by atoms with van der Waals surface area (Å²) < 4.78 is 1.52. The number of carbonyl (C=O) groups is 1. The van der Waals surface area contributed by atoms with Gasteiger partial charge in [0.05, 0.1) is 12.7 Å². The lowest BCUT2D eigenvalue weighted by atomic mass is 10.0. The fraction of sp³-hybridized carbons (Fsp3) is 0.357. The lowest BCUT2D eigenvalue weighted by molar-refractivity contribution is 0.0690. The molecule has 2 aromatic rings. The minimum absolute atomic E-state index is 0.0354. The highest BCUT2D eigenvalue weighted by Crippen LogP contribution is 2.18. The van der Waals surface area contributed by atoms with Crippen LogP contribution in [0.3, 0.4) is 0 Å². The number of carboxylic acid groups (broad SMARTS) is 1. The normalized spacial score (nSPS) is 10.8. The average molecular weight is 274 g/mol. The third-order valence-electron chi connectivity index (χ3n) is 2.98. The summed E-state index contributed by atoms with van der Waals surface area (Å²) in [6.45, 7) is 5.53. The van der Waals surface area contributed by atoms with E-state index in [4.69, 9.17) is 5.11 Å². The summed E-state index contributed by atoms with van der Waals surface area (Å²) in [7, 11) is 0. The first kappa shape index (κ1) is 14.0. The van der Waals surface area contributed by atoms with E-state index in [1.807, 2.05) is 12.1 Å². The number of nitrogens with one attached hydrogen (secondary N) is 1. The summed E-state index contributed by atoms with van der Waals surface area (Å²) in [5, 5.41) is 19.4. The van der Waals surface area contributed by atoms with Crippen molar-refractivity contribution in [2.45, 2.75) is 26.3 Å². The molecule has 6 nitrogen and oxygen atoms in total. The zero-order valence-electron chi connectivity index (χ0n) is 11.6. The van der Waals surface area contributed by atoms with Crippen molar-refractivity contribution in [2.24, 2.45) is 0 Å². The van der Waals surface area contributed by atoms with Crippen molar-refractivity contribution in [3.8, 4) is 0 Å². The second-order valence-electron chi connectivity index (χ2n) is 4.88. The fourth-order valence-corrected chi connectivity index (χ4v) is 1.83. The monoisotopic (exact) mass is 274 g/mol. The minimum atomic E-state index is -1.06. The number of rotatable bonds is 6. The summed E-state index contributed by atoms with van der Waals surface area (Å²) >= 11 is 0. The lowest BCUT2D eigenvalue weighted by Gasteiger charge is -2.10. The molecular formula is C14H18N4O2. The maximum atomic E-state index is 10.7. The first-order chi connectivity index (χ1) is 9.56. The molecule has 106 valence electrons. The molecule has 0 radical (unpaired) electrons. The zero-order valence-corrected chi connectivity index (χ0v) is 11.6. The molecule has 0 aliphatic rings. The molecule has 0 bridgehead atoms. The van der Waals surface area contributed by atoms with Gasteiger partial charge in [0.2, 0.25) is 0 Å². The van der Waals surface area contributed by atoms with Gasteiger partial charge < -0.3 is 10.4 Å². The van der Waals surface area contributed by atoms with Gasteiger partial charge in [-0.15, -0.1) is 5.10 Å². The Morgan fingerprint density at radius 2 is 2.25 bits per heavy atom. The van der Waals surface area contributed by atoms with Crippen molar-refractivity contribution in [3.63, 3.8) is 0 Å². The maximum absolute atomic E-state index is 10.7. The lowest BCUT2D eigenvalue weighted by Crippen LogP contribution is -2.11. The van der Waals surface area contributed by atoms with E-state index in [1.54, 1.807) is 0 Å². The topological polar surface area (TPSA) is 80.0 Å². The molecule has 0 fully saturated rings. The van der Waals surface area contributed by atoms with E-state index in [0.29, 0.717) is 19.0 Å². The van der Waals surface area contributed by atoms with Gasteiger partial charge in [-0.2, -0.15) is 0 Å². The summed E-state index contributed by atoms with van der Waals surface area (Å²) in [5.74, 6) is -0.570. The van der Waals surface area contributed by atoms with Gasteiger partial charge in [0.25, 0.3) is 0 Å². The van der Waals surface area contributed by atoms with Crippen molar-refractivity contribution in [3.05, 3.63) is 41.7 Å². The predicted octanol–water partition coefficient (Wildman–Crippen LogP) is 2.21. The molecule has 0 aliphatic heterocycles. The summed E-state index contributed by atoms with van der Waals surface area (Å²) in [4.78, 5) is 10.7. The molecule has 1 aromatic carbocycles. The maximum Gasteiger partial charge on any atom is 0.358 e. The Balaban J connectivity index is 1.89. The van der Waals surface area contributed by atoms with E-state index in [0.717, 1.165) is 5.69 Å². The van der Waals surface area contributed by atoms with Crippen LogP contribution in [0.5, 0.6) is 0 Å². The number of anilines is 1. The van der Waals surface area contributed by atoms with Crippen LogP contribution >= 0.6 is 0 Å². The highest BCUT2D eigenvalue weighted by atomic mass is 16.4. The summed E-state index contributed by atoms with van der Waals surface area (Å²) in [6.07, 6.45) is 1.43. The van der Waals surface area contributed by atoms with E-state index in [9.17, 15) is 4.79 Å². The van der Waals surface area contributed by atoms with Gasteiger partial charge in [-0.05, 0) is 23.6 Å². The Labute approximate surface area is 117 Å². The van der Waals surface area contributed by atoms with Crippen molar-refractivity contribution < 1.29 is 9.90 Å². The van der Waals surface area contributed by atoms with Gasteiger partial charge in [0.15, 0.2) is 5.69 Å². The Hall–Kier alpha value is -2.37. The number of nitrogens with zero attached hydrogens (tertiary/aromatic N) is 3. The van der Waals surface area contributed by atoms with Crippen LogP contribution < -0.4 is 5.32 Å². The second kappa shape index (κ2) is 6.18. The van der Waals surface area contributed by atoms with Crippen LogP contribution in [0.2, 0.25) is 0 Å². The first-order valence-electron chi connectivity index (χ1n) is 6.53. The van der Waals surface area contributed by atoms with E-state index < -0.39 is 5.97 Å². The number of hydrogen-bond acceptors (Lipinski definition) is 4. The van der Waals surface area contributed by atoms with Crippen LogP contribution in [0.25, 0.3) is 0 Å². The van der Waals surface area contributed by atoms with Crippen LogP contribution in [-0.2, 0) is 6.54 Å². The number of carboxylic acids is 1. The Morgan fingerprint density at radius 3 is 2.90 bits per heavy atom. The molecule has 0 aliphatic carbocycles. The largest absolute Gasteiger partial charge is 0.476 e. The van der Waals surface area contributed by atoms with Gasteiger partial charge in [0.1, 0.15) is 0 Å². The zero-order chi connectivity index (χ0) is 14.5. The molecule has 2 N–H and O–H groups in total. The quantitative estimate of drug-likeness (QED) is 0.844. The average Bonchev–Trinajstić information content (AvgIpc) is 2.88. The van der Waals surface area contributed by atoms with Gasteiger partial charge in [-0.1, -0.05) is 31.2 Å². The van der Waals surface area contributed by atoms with Gasteiger partial charge >= 0.3 is 5.97 Å². The second-order valence-corrected chi connectivity index (χ2v) is 4.88.